The number of aromatic nitrogens is 1. The van der Waals surface area contributed by atoms with Gasteiger partial charge in [0.15, 0.2) is 5.76 Å². The van der Waals surface area contributed by atoms with Crippen molar-refractivity contribution in [3.8, 4) is 11.3 Å². The van der Waals surface area contributed by atoms with Crippen LogP contribution in [-0.4, -0.2) is 5.16 Å². The molecule has 0 radical (unpaired) electrons. The molecule has 0 fully saturated rings. The normalized spacial score (nSPS) is 13.6. The summed E-state index contributed by atoms with van der Waals surface area (Å²) in [5, 5.41) is 3.76. The van der Waals surface area contributed by atoms with Gasteiger partial charge >= 0.3 is 6.18 Å². The summed E-state index contributed by atoms with van der Waals surface area (Å²) in [6.07, 6.45) is -4.33. The highest BCUT2D eigenvalue weighted by molar-refractivity contribution is 5.59. The molecule has 96 valence electrons. The Balaban J connectivity index is 2.29. The number of nitrogens with zero attached hydrogens (tertiary/aromatic N) is 1. The van der Waals surface area contributed by atoms with Gasteiger partial charge in [0.05, 0.1) is 11.6 Å². The molecule has 2 aromatic rings. The van der Waals surface area contributed by atoms with E-state index in [2.05, 4.69) is 5.16 Å². The van der Waals surface area contributed by atoms with Gasteiger partial charge in [-0.2, -0.15) is 13.2 Å². The number of hydrogen-bond donors (Lipinski definition) is 1. The third kappa shape index (κ3) is 2.53. The number of halogens is 3. The van der Waals surface area contributed by atoms with E-state index in [0.29, 0.717) is 17.0 Å². The molecule has 1 aromatic carbocycles. The van der Waals surface area contributed by atoms with E-state index in [0.717, 1.165) is 12.1 Å². The van der Waals surface area contributed by atoms with Crippen molar-refractivity contribution in [3.05, 3.63) is 41.7 Å². The van der Waals surface area contributed by atoms with Gasteiger partial charge < -0.3 is 10.3 Å². The van der Waals surface area contributed by atoms with E-state index in [9.17, 15) is 13.2 Å². The molecular weight excluding hydrogens is 245 g/mol. The van der Waals surface area contributed by atoms with Crippen molar-refractivity contribution in [1.82, 2.24) is 5.16 Å². The third-order valence-corrected chi connectivity index (χ3v) is 2.49. The highest BCUT2D eigenvalue weighted by Gasteiger charge is 2.30. The SMILES string of the molecule is CC(N)c1cc(-c2ccc(C(F)(F)F)cc2)no1. The van der Waals surface area contributed by atoms with Crippen LogP contribution in [0.25, 0.3) is 11.3 Å². The largest absolute Gasteiger partial charge is 0.416 e. The van der Waals surface area contributed by atoms with Crippen LogP contribution in [0.2, 0.25) is 0 Å². The van der Waals surface area contributed by atoms with Crippen LogP contribution in [0.5, 0.6) is 0 Å². The molecule has 0 spiro atoms. The third-order valence-electron chi connectivity index (χ3n) is 2.49. The average Bonchev–Trinajstić information content (AvgIpc) is 2.77. The standard InChI is InChI=1S/C12H11F3N2O/c1-7(16)11-6-10(17-18-11)8-2-4-9(5-3-8)12(13,14)15/h2-7H,16H2,1H3. The summed E-state index contributed by atoms with van der Waals surface area (Å²) in [5.74, 6) is 0.491. The second kappa shape index (κ2) is 4.45. The minimum absolute atomic E-state index is 0.305. The molecule has 18 heavy (non-hydrogen) atoms. The highest BCUT2D eigenvalue weighted by atomic mass is 19.4. The Bertz CT molecular complexity index is 529. The summed E-state index contributed by atoms with van der Waals surface area (Å²) in [5.41, 5.74) is 5.93. The molecule has 1 atom stereocenters. The quantitative estimate of drug-likeness (QED) is 0.896. The van der Waals surface area contributed by atoms with Crippen molar-refractivity contribution < 1.29 is 17.7 Å². The number of rotatable bonds is 2. The van der Waals surface area contributed by atoms with Crippen molar-refractivity contribution in [2.45, 2.75) is 19.1 Å². The van der Waals surface area contributed by atoms with E-state index in [1.807, 2.05) is 0 Å². The van der Waals surface area contributed by atoms with Crippen LogP contribution < -0.4 is 5.73 Å². The molecule has 0 aliphatic carbocycles. The lowest BCUT2D eigenvalue weighted by Crippen LogP contribution is -2.04. The summed E-state index contributed by atoms with van der Waals surface area (Å²) in [7, 11) is 0. The van der Waals surface area contributed by atoms with Gasteiger partial charge in [-0.25, -0.2) is 0 Å². The fraction of sp³-hybridized carbons (Fsp3) is 0.250. The molecule has 3 nitrogen and oxygen atoms in total. The van der Waals surface area contributed by atoms with Crippen LogP contribution in [-0.2, 0) is 6.18 Å². The molecule has 0 aliphatic heterocycles. The molecule has 1 aromatic heterocycles. The van der Waals surface area contributed by atoms with Crippen LogP contribution in [0.1, 0.15) is 24.3 Å². The first kappa shape index (κ1) is 12.6. The Morgan fingerprint density at radius 3 is 2.28 bits per heavy atom. The van der Waals surface area contributed by atoms with E-state index in [1.54, 1.807) is 13.0 Å². The zero-order valence-corrected chi connectivity index (χ0v) is 9.53. The Labute approximate surface area is 101 Å². The fourth-order valence-electron chi connectivity index (χ4n) is 1.47. The lowest BCUT2D eigenvalue weighted by atomic mass is 10.1. The van der Waals surface area contributed by atoms with Gasteiger partial charge in [0.1, 0.15) is 5.69 Å². The summed E-state index contributed by atoms with van der Waals surface area (Å²) < 4.78 is 42.1. The number of benzene rings is 1. The Hall–Kier alpha value is -1.82. The van der Waals surface area contributed by atoms with Crippen LogP contribution in [0.4, 0.5) is 13.2 Å². The number of nitrogens with two attached hydrogens (primary N) is 1. The molecule has 0 amide bonds. The summed E-state index contributed by atoms with van der Waals surface area (Å²) in [6.45, 7) is 1.73. The zero-order chi connectivity index (χ0) is 13.3. The first-order valence-corrected chi connectivity index (χ1v) is 5.28. The topological polar surface area (TPSA) is 52.0 Å². The monoisotopic (exact) mass is 256 g/mol. The maximum atomic E-state index is 12.4. The second-order valence-electron chi connectivity index (χ2n) is 3.98. The molecular formula is C12H11F3N2O. The first-order valence-electron chi connectivity index (χ1n) is 5.28. The second-order valence-corrected chi connectivity index (χ2v) is 3.98. The Morgan fingerprint density at radius 2 is 1.83 bits per heavy atom. The van der Waals surface area contributed by atoms with Crippen molar-refractivity contribution in [3.63, 3.8) is 0 Å². The highest BCUT2D eigenvalue weighted by Crippen LogP contribution is 2.31. The maximum Gasteiger partial charge on any atom is 0.416 e. The zero-order valence-electron chi connectivity index (χ0n) is 9.53. The molecule has 0 saturated carbocycles. The Morgan fingerprint density at radius 1 is 1.22 bits per heavy atom. The van der Waals surface area contributed by atoms with Crippen LogP contribution in [0, 0.1) is 0 Å². The summed E-state index contributed by atoms with van der Waals surface area (Å²) in [6, 6.07) is 6.04. The number of hydrogen-bond acceptors (Lipinski definition) is 3. The lowest BCUT2D eigenvalue weighted by Gasteiger charge is -2.06. The molecule has 1 heterocycles. The van der Waals surface area contributed by atoms with E-state index in [-0.39, 0.29) is 6.04 Å². The van der Waals surface area contributed by atoms with Gasteiger partial charge in [0, 0.05) is 11.6 Å². The van der Waals surface area contributed by atoms with E-state index in [1.165, 1.54) is 12.1 Å². The van der Waals surface area contributed by atoms with Crippen LogP contribution in [0.3, 0.4) is 0 Å². The predicted molar refractivity (Wildman–Crippen MR) is 59.5 cm³/mol. The molecule has 0 bridgehead atoms. The fourth-order valence-corrected chi connectivity index (χ4v) is 1.47. The van der Waals surface area contributed by atoms with E-state index in [4.69, 9.17) is 10.3 Å². The molecule has 6 heteroatoms. The summed E-state index contributed by atoms with van der Waals surface area (Å²) in [4.78, 5) is 0. The molecule has 1 unspecified atom stereocenters. The first-order chi connectivity index (χ1) is 8.38. The van der Waals surface area contributed by atoms with Crippen molar-refractivity contribution in [2.75, 3.05) is 0 Å². The van der Waals surface area contributed by atoms with Gasteiger partial charge in [0.25, 0.3) is 0 Å². The van der Waals surface area contributed by atoms with Gasteiger partial charge in [-0.1, -0.05) is 17.3 Å². The van der Waals surface area contributed by atoms with E-state index >= 15 is 0 Å². The van der Waals surface area contributed by atoms with Crippen LogP contribution in [0.15, 0.2) is 34.9 Å². The van der Waals surface area contributed by atoms with Crippen molar-refractivity contribution in [1.29, 1.82) is 0 Å². The molecule has 0 saturated heterocycles. The minimum Gasteiger partial charge on any atom is -0.359 e. The van der Waals surface area contributed by atoms with Gasteiger partial charge in [0.2, 0.25) is 0 Å². The van der Waals surface area contributed by atoms with E-state index < -0.39 is 11.7 Å². The smallest absolute Gasteiger partial charge is 0.359 e. The van der Waals surface area contributed by atoms with Gasteiger partial charge in [-0.05, 0) is 19.1 Å². The predicted octanol–water partition coefficient (Wildman–Crippen LogP) is 3.38. The molecule has 2 rings (SSSR count). The average molecular weight is 256 g/mol. The van der Waals surface area contributed by atoms with Crippen LogP contribution >= 0.6 is 0 Å². The number of alkyl halides is 3. The van der Waals surface area contributed by atoms with Gasteiger partial charge in [-0.15, -0.1) is 0 Å². The minimum atomic E-state index is -4.33. The van der Waals surface area contributed by atoms with Crippen molar-refractivity contribution >= 4 is 0 Å². The summed E-state index contributed by atoms with van der Waals surface area (Å²) >= 11 is 0. The lowest BCUT2D eigenvalue weighted by molar-refractivity contribution is -0.137. The maximum absolute atomic E-state index is 12.4. The molecule has 2 N–H and O–H groups in total. The molecule has 0 aliphatic rings. The van der Waals surface area contributed by atoms with Gasteiger partial charge in [-0.3, -0.25) is 0 Å². The Kier molecular flexibility index (Phi) is 3.13. The van der Waals surface area contributed by atoms with Crippen molar-refractivity contribution in [2.24, 2.45) is 5.73 Å².